The topological polar surface area (TPSA) is 92.5 Å². The first-order valence-corrected chi connectivity index (χ1v) is 5.04. The Bertz CT molecular complexity index is 304. The van der Waals surface area contributed by atoms with Crippen LogP contribution in [-0.4, -0.2) is 22.9 Å². The zero-order valence-electron chi connectivity index (χ0n) is 8.63. The average molecular weight is 210 g/mol. The molecule has 0 saturated heterocycles. The predicted octanol–water partition coefficient (Wildman–Crippen LogP) is -0.112. The molecule has 0 heterocycles. The highest BCUT2D eigenvalue weighted by Crippen LogP contribution is 2.19. The molecule has 84 valence electrons. The van der Waals surface area contributed by atoms with Gasteiger partial charge in [-0.3, -0.25) is 0 Å². The van der Waals surface area contributed by atoms with E-state index in [9.17, 15) is 10.2 Å². The second kappa shape index (κ2) is 5.82. The molecule has 0 aliphatic rings. The summed E-state index contributed by atoms with van der Waals surface area (Å²) in [6.07, 6.45) is -1.32. The van der Waals surface area contributed by atoms with Crippen LogP contribution in [0.1, 0.15) is 23.7 Å². The summed E-state index contributed by atoms with van der Waals surface area (Å²) in [5.74, 6) is 0. The number of nitrogens with two attached hydrogens (primary N) is 2. The van der Waals surface area contributed by atoms with Crippen LogP contribution < -0.4 is 11.5 Å². The molecule has 0 saturated carbocycles. The highest BCUT2D eigenvalue weighted by atomic mass is 16.3. The number of aliphatic hydroxyl groups excluding tert-OH is 2. The Morgan fingerprint density at radius 1 is 1.20 bits per heavy atom. The maximum absolute atomic E-state index is 9.79. The fourth-order valence-electron chi connectivity index (χ4n) is 1.45. The molecule has 0 fully saturated rings. The molecule has 2 atom stereocenters. The molecule has 15 heavy (non-hydrogen) atoms. The third-order valence-corrected chi connectivity index (χ3v) is 2.36. The largest absolute Gasteiger partial charge is 0.390 e. The molecule has 6 N–H and O–H groups in total. The van der Waals surface area contributed by atoms with E-state index in [1.807, 2.05) is 12.1 Å². The van der Waals surface area contributed by atoms with Gasteiger partial charge in [-0.1, -0.05) is 24.3 Å². The Labute approximate surface area is 89.5 Å². The second-order valence-electron chi connectivity index (χ2n) is 3.54. The van der Waals surface area contributed by atoms with Gasteiger partial charge in [-0.05, 0) is 24.1 Å². The molecule has 0 aliphatic heterocycles. The van der Waals surface area contributed by atoms with E-state index < -0.39 is 12.2 Å². The molecule has 1 rings (SSSR count). The van der Waals surface area contributed by atoms with Gasteiger partial charge in [0.05, 0.1) is 6.10 Å². The summed E-state index contributed by atoms with van der Waals surface area (Å²) in [6.45, 7) is 0.780. The highest BCUT2D eigenvalue weighted by molar-refractivity contribution is 5.25. The van der Waals surface area contributed by atoms with Gasteiger partial charge in [0.2, 0.25) is 0 Å². The van der Waals surface area contributed by atoms with Crippen LogP contribution in [0.2, 0.25) is 0 Å². The predicted molar refractivity (Wildman–Crippen MR) is 59.0 cm³/mol. The Morgan fingerprint density at radius 2 is 1.93 bits per heavy atom. The lowest BCUT2D eigenvalue weighted by molar-refractivity contribution is 0.0150. The molecule has 0 amide bonds. The van der Waals surface area contributed by atoms with Crippen LogP contribution in [0.3, 0.4) is 0 Å². The summed E-state index contributed by atoms with van der Waals surface area (Å²) < 4.78 is 0. The van der Waals surface area contributed by atoms with Crippen LogP contribution in [0.25, 0.3) is 0 Å². The summed E-state index contributed by atoms with van der Waals surface area (Å²) in [5.41, 5.74) is 12.4. The van der Waals surface area contributed by atoms with Crippen molar-refractivity contribution in [2.24, 2.45) is 11.5 Å². The van der Waals surface area contributed by atoms with Gasteiger partial charge >= 0.3 is 0 Å². The minimum absolute atomic E-state index is 0.356. The first-order valence-electron chi connectivity index (χ1n) is 5.04. The number of benzene rings is 1. The quantitative estimate of drug-likeness (QED) is 0.545. The molecular weight excluding hydrogens is 192 g/mol. The lowest BCUT2D eigenvalue weighted by Gasteiger charge is -2.17. The normalized spacial score (nSPS) is 14.9. The average Bonchev–Trinajstić information content (AvgIpc) is 2.28. The van der Waals surface area contributed by atoms with Gasteiger partial charge in [-0.25, -0.2) is 0 Å². The first-order chi connectivity index (χ1) is 7.19. The molecule has 0 bridgehead atoms. The lowest BCUT2D eigenvalue weighted by Crippen LogP contribution is -2.21. The fourth-order valence-corrected chi connectivity index (χ4v) is 1.45. The number of rotatable bonds is 5. The third-order valence-electron chi connectivity index (χ3n) is 2.36. The van der Waals surface area contributed by atoms with Crippen molar-refractivity contribution in [3.63, 3.8) is 0 Å². The monoisotopic (exact) mass is 210 g/mol. The SMILES string of the molecule is NCCC(O)C(O)c1cccc(CN)c1. The Morgan fingerprint density at radius 3 is 2.53 bits per heavy atom. The third kappa shape index (κ3) is 3.28. The first kappa shape index (κ1) is 12.1. The van der Waals surface area contributed by atoms with Crippen molar-refractivity contribution in [1.82, 2.24) is 0 Å². The van der Waals surface area contributed by atoms with Gasteiger partial charge in [0.25, 0.3) is 0 Å². The van der Waals surface area contributed by atoms with Gasteiger partial charge in [0, 0.05) is 6.54 Å². The van der Waals surface area contributed by atoms with Gasteiger partial charge in [-0.2, -0.15) is 0 Å². The van der Waals surface area contributed by atoms with Crippen molar-refractivity contribution >= 4 is 0 Å². The van der Waals surface area contributed by atoms with Crippen LogP contribution >= 0.6 is 0 Å². The summed E-state index contributed by atoms with van der Waals surface area (Å²) in [6, 6.07) is 7.26. The standard InChI is InChI=1S/C11H18N2O2/c12-5-4-10(14)11(15)9-3-1-2-8(6-9)7-13/h1-3,6,10-11,14-15H,4-5,7,12-13H2. The molecule has 1 aromatic rings. The molecule has 4 heteroatoms. The zero-order valence-corrected chi connectivity index (χ0v) is 8.63. The summed E-state index contributed by atoms with van der Waals surface area (Å²) in [5, 5.41) is 19.4. The molecule has 0 radical (unpaired) electrons. The maximum Gasteiger partial charge on any atom is 0.105 e. The summed E-state index contributed by atoms with van der Waals surface area (Å²) in [4.78, 5) is 0. The van der Waals surface area contributed by atoms with Gasteiger partial charge in [-0.15, -0.1) is 0 Å². The second-order valence-corrected chi connectivity index (χ2v) is 3.54. The van der Waals surface area contributed by atoms with E-state index in [0.717, 1.165) is 5.56 Å². The van der Waals surface area contributed by atoms with E-state index in [4.69, 9.17) is 11.5 Å². The Kier molecular flexibility index (Phi) is 4.71. The number of aliphatic hydroxyl groups is 2. The van der Waals surface area contributed by atoms with Gasteiger partial charge in [0.15, 0.2) is 0 Å². The maximum atomic E-state index is 9.79. The smallest absolute Gasteiger partial charge is 0.105 e. The van der Waals surface area contributed by atoms with E-state index in [0.29, 0.717) is 25.1 Å². The highest BCUT2D eigenvalue weighted by Gasteiger charge is 2.17. The van der Waals surface area contributed by atoms with E-state index in [2.05, 4.69) is 0 Å². The lowest BCUT2D eigenvalue weighted by atomic mass is 10.0. The van der Waals surface area contributed by atoms with Crippen LogP contribution in [-0.2, 0) is 6.54 Å². The molecule has 0 aromatic heterocycles. The number of hydrogen-bond donors (Lipinski definition) is 4. The minimum atomic E-state index is -0.889. The molecule has 4 nitrogen and oxygen atoms in total. The van der Waals surface area contributed by atoms with E-state index >= 15 is 0 Å². The van der Waals surface area contributed by atoms with Crippen molar-refractivity contribution < 1.29 is 10.2 Å². The van der Waals surface area contributed by atoms with E-state index in [-0.39, 0.29) is 0 Å². The van der Waals surface area contributed by atoms with Crippen molar-refractivity contribution in [3.05, 3.63) is 35.4 Å². The number of hydrogen-bond acceptors (Lipinski definition) is 4. The van der Waals surface area contributed by atoms with Crippen molar-refractivity contribution in [3.8, 4) is 0 Å². The van der Waals surface area contributed by atoms with Crippen molar-refractivity contribution in [1.29, 1.82) is 0 Å². The summed E-state index contributed by atoms with van der Waals surface area (Å²) in [7, 11) is 0. The Hall–Kier alpha value is -0.940. The minimum Gasteiger partial charge on any atom is -0.390 e. The molecule has 1 aromatic carbocycles. The molecule has 0 aliphatic carbocycles. The van der Waals surface area contributed by atoms with Crippen LogP contribution in [0.4, 0.5) is 0 Å². The molecule has 2 unspecified atom stereocenters. The van der Waals surface area contributed by atoms with Gasteiger partial charge in [0.1, 0.15) is 6.10 Å². The van der Waals surface area contributed by atoms with Gasteiger partial charge < -0.3 is 21.7 Å². The Balaban J connectivity index is 2.76. The van der Waals surface area contributed by atoms with Crippen LogP contribution in [0, 0.1) is 0 Å². The van der Waals surface area contributed by atoms with E-state index in [1.165, 1.54) is 0 Å². The molecular formula is C11H18N2O2. The van der Waals surface area contributed by atoms with E-state index in [1.54, 1.807) is 12.1 Å². The zero-order chi connectivity index (χ0) is 11.3. The fraction of sp³-hybridized carbons (Fsp3) is 0.455. The van der Waals surface area contributed by atoms with Crippen molar-refractivity contribution in [2.75, 3.05) is 6.54 Å². The molecule has 0 spiro atoms. The van der Waals surface area contributed by atoms with Crippen LogP contribution in [0.15, 0.2) is 24.3 Å². The van der Waals surface area contributed by atoms with Crippen LogP contribution in [0.5, 0.6) is 0 Å². The summed E-state index contributed by atoms with van der Waals surface area (Å²) >= 11 is 0. The van der Waals surface area contributed by atoms with Crippen molar-refractivity contribution in [2.45, 2.75) is 25.2 Å².